The smallest absolute Gasteiger partial charge is 0.241 e. The van der Waals surface area contributed by atoms with Gasteiger partial charge < -0.3 is 15.4 Å². The van der Waals surface area contributed by atoms with Crippen LogP contribution in [0.25, 0.3) is 0 Å². The van der Waals surface area contributed by atoms with E-state index in [2.05, 4.69) is 74.0 Å². The van der Waals surface area contributed by atoms with Crippen LogP contribution in [0.1, 0.15) is 28.7 Å². The zero-order valence-electron chi connectivity index (χ0n) is 22.8. The number of nitrogens with one attached hydrogen (secondary N) is 2. The van der Waals surface area contributed by atoms with E-state index in [1.54, 1.807) is 31.3 Å². The average Bonchev–Trinajstić information content (AvgIpc) is 3.25. The Kier molecular flexibility index (Phi) is 7.71. The van der Waals surface area contributed by atoms with Crippen LogP contribution < -0.4 is 15.4 Å². The summed E-state index contributed by atoms with van der Waals surface area (Å²) in [7, 11) is 1.69. The maximum Gasteiger partial charge on any atom is 0.241 e. The van der Waals surface area contributed by atoms with Crippen molar-refractivity contribution < 1.29 is 9.53 Å². The Balaban J connectivity index is 1.21. The molecule has 2 aliphatic heterocycles. The van der Waals surface area contributed by atoms with Crippen LogP contribution in [-0.2, 0) is 24.2 Å². The molecule has 2 N–H and O–H groups in total. The van der Waals surface area contributed by atoms with Crippen molar-refractivity contribution in [3.8, 4) is 5.75 Å². The number of ether oxygens (including phenoxy) is 1. The molecule has 6 rings (SSSR count). The zero-order valence-corrected chi connectivity index (χ0v) is 23.6. The van der Waals surface area contributed by atoms with Gasteiger partial charge >= 0.3 is 0 Å². The summed E-state index contributed by atoms with van der Waals surface area (Å²) >= 11 is 1.64. The number of fused-ring (bicyclic) bond motifs is 2. The van der Waals surface area contributed by atoms with Gasteiger partial charge in [0.2, 0.25) is 5.91 Å². The molecule has 7 nitrogen and oxygen atoms in total. The molecule has 1 saturated heterocycles. The lowest BCUT2D eigenvalue weighted by molar-refractivity contribution is -0.120. The molecule has 0 aliphatic carbocycles. The molecule has 8 heteroatoms. The van der Waals surface area contributed by atoms with E-state index in [9.17, 15) is 4.79 Å². The van der Waals surface area contributed by atoms with Gasteiger partial charge in [0.1, 0.15) is 5.75 Å². The highest BCUT2D eigenvalue weighted by Crippen LogP contribution is 2.35. The first-order valence-corrected chi connectivity index (χ1v) is 14.5. The zero-order chi connectivity index (χ0) is 27.5. The van der Waals surface area contributed by atoms with Crippen LogP contribution >= 0.6 is 11.8 Å². The molecule has 1 fully saturated rings. The minimum Gasteiger partial charge on any atom is -0.496 e. The number of methoxy groups -OCH3 is 1. The van der Waals surface area contributed by atoms with Crippen molar-refractivity contribution in [1.29, 1.82) is 0 Å². The van der Waals surface area contributed by atoms with Gasteiger partial charge in [0.15, 0.2) is 5.16 Å². The summed E-state index contributed by atoms with van der Waals surface area (Å²) in [5, 5.41) is 7.77. The Morgan fingerprint density at radius 2 is 1.82 bits per heavy atom. The normalized spacial score (nSPS) is 18.2. The number of aromatic nitrogens is 2. The molecule has 2 aliphatic rings. The predicted octanol–water partition coefficient (Wildman–Crippen LogP) is 6.01. The van der Waals surface area contributed by atoms with Gasteiger partial charge in [0.05, 0.1) is 13.2 Å². The molecule has 2 atom stereocenters. The number of anilines is 3. The summed E-state index contributed by atoms with van der Waals surface area (Å²) in [5.74, 6) is 0.879. The van der Waals surface area contributed by atoms with Crippen LogP contribution in [0.2, 0.25) is 0 Å². The number of carbonyl (C=O) groups excluding carboxylic acids is 1. The molecule has 40 heavy (non-hydrogen) atoms. The summed E-state index contributed by atoms with van der Waals surface area (Å²) in [5.41, 5.74) is 7.79. The van der Waals surface area contributed by atoms with Gasteiger partial charge in [0, 0.05) is 47.8 Å². The number of hydrogen-bond acceptors (Lipinski definition) is 7. The molecular weight excluding hydrogens is 518 g/mol. The fourth-order valence-electron chi connectivity index (χ4n) is 5.65. The highest BCUT2D eigenvalue weighted by molar-refractivity contribution is 7.99. The molecule has 0 unspecified atom stereocenters. The number of carbonyl (C=O) groups is 1. The van der Waals surface area contributed by atoms with Gasteiger partial charge in [-0.3, -0.25) is 9.69 Å². The maximum absolute atomic E-state index is 13.8. The van der Waals surface area contributed by atoms with Crippen molar-refractivity contribution in [2.45, 2.75) is 49.2 Å². The summed E-state index contributed by atoms with van der Waals surface area (Å²) in [6.45, 7) is 3.50. The SMILES string of the molecule is COc1ccc(CN2C[C@@H](Sc3ncccn3)C[C@H]2C(=O)Nc2ccc3c(c2)Nc2ccccc2CC3)cc1C. The molecule has 3 aromatic carbocycles. The Labute approximate surface area is 239 Å². The fraction of sp³-hybridized carbons (Fsp3) is 0.281. The quantitative estimate of drug-likeness (QED) is 0.272. The van der Waals surface area contributed by atoms with Gasteiger partial charge in [-0.1, -0.05) is 48.2 Å². The Hall–Kier alpha value is -3.88. The Morgan fingerprint density at radius 3 is 2.62 bits per heavy atom. The van der Waals surface area contributed by atoms with E-state index in [-0.39, 0.29) is 17.2 Å². The van der Waals surface area contributed by atoms with Gasteiger partial charge in [-0.25, -0.2) is 9.97 Å². The Morgan fingerprint density at radius 1 is 1.02 bits per heavy atom. The second-order valence-corrected chi connectivity index (χ2v) is 11.7. The van der Waals surface area contributed by atoms with E-state index in [0.29, 0.717) is 6.54 Å². The second-order valence-electron chi connectivity index (χ2n) is 10.4. The molecular formula is C32H33N5O2S. The molecule has 3 heterocycles. The average molecular weight is 552 g/mol. The van der Waals surface area contributed by atoms with Crippen LogP contribution in [-0.4, -0.2) is 45.7 Å². The first-order chi connectivity index (χ1) is 19.6. The number of nitrogens with zero attached hydrogens (tertiary/aromatic N) is 3. The number of rotatable bonds is 7. The van der Waals surface area contributed by atoms with Gasteiger partial charge in [-0.15, -0.1) is 0 Å². The number of aryl methyl sites for hydroxylation is 3. The molecule has 0 saturated carbocycles. The number of benzene rings is 3. The third kappa shape index (κ3) is 5.83. The van der Waals surface area contributed by atoms with Crippen molar-refractivity contribution in [1.82, 2.24) is 14.9 Å². The summed E-state index contributed by atoms with van der Waals surface area (Å²) in [4.78, 5) is 24.8. The van der Waals surface area contributed by atoms with Crippen LogP contribution in [0.5, 0.6) is 5.75 Å². The third-order valence-electron chi connectivity index (χ3n) is 7.65. The van der Waals surface area contributed by atoms with E-state index in [1.165, 1.54) is 11.1 Å². The van der Waals surface area contributed by atoms with Crippen molar-refractivity contribution >= 4 is 34.7 Å². The first-order valence-electron chi connectivity index (χ1n) is 13.7. The molecule has 204 valence electrons. The minimum atomic E-state index is -0.267. The minimum absolute atomic E-state index is 0.0104. The van der Waals surface area contributed by atoms with E-state index in [1.807, 2.05) is 25.1 Å². The summed E-state index contributed by atoms with van der Waals surface area (Å²) in [6, 6.07) is 22.4. The monoisotopic (exact) mass is 551 g/mol. The molecule has 0 spiro atoms. The molecule has 1 amide bonds. The highest BCUT2D eigenvalue weighted by Gasteiger charge is 2.37. The molecule has 4 aromatic rings. The number of amides is 1. The Bertz CT molecular complexity index is 1510. The van der Waals surface area contributed by atoms with Gasteiger partial charge in [0.25, 0.3) is 0 Å². The second kappa shape index (κ2) is 11.7. The highest BCUT2D eigenvalue weighted by atomic mass is 32.2. The maximum atomic E-state index is 13.8. The molecule has 1 aromatic heterocycles. The van der Waals surface area contributed by atoms with Crippen molar-refractivity contribution in [2.24, 2.45) is 0 Å². The number of hydrogen-bond donors (Lipinski definition) is 2. The third-order valence-corrected chi connectivity index (χ3v) is 8.75. The van der Waals surface area contributed by atoms with Crippen LogP contribution in [0.3, 0.4) is 0 Å². The van der Waals surface area contributed by atoms with Crippen LogP contribution in [0, 0.1) is 6.92 Å². The molecule has 0 bridgehead atoms. The van der Waals surface area contributed by atoms with E-state index in [0.717, 1.165) is 64.9 Å². The summed E-state index contributed by atoms with van der Waals surface area (Å²) in [6.07, 6.45) is 6.20. The molecule has 0 radical (unpaired) electrons. The lowest BCUT2D eigenvalue weighted by Crippen LogP contribution is -2.39. The lowest BCUT2D eigenvalue weighted by atomic mass is 10.0. The largest absolute Gasteiger partial charge is 0.496 e. The van der Waals surface area contributed by atoms with E-state index < -0.39 is 0 Å². The fourth-order valence-corrected chi connectivity index (χ4v) is 6.74. The number of thioether (sulfide) groups is 1. The summed E-state index contributed by atoms with van der Waals surface area (Å²) < 4.78 is 5.45. The van der Waals surface area contributed by atoms with Gasteiger partial charge in [-0.2, -0.15) is 0 Å². The van der Waals surface area contributed by atoms with Crippen molar-refractivity contribution in [2.75, 3.05) is 24.3 Å². The van der Waals surface area contributed by atoms with Crippen LogP contribution in [0.15, 0.2) is 84.3 Å². The van der Waals surface area contributed by atoms with Gasteiger partial charge in [-0.05, 0) is 78.8 Å². The van der Waals surface area contributed by atoms with Crippen molar-refractivity contribution in [3.63, 3.8) is 0 Å². The van der Waals surface area contributed by atoms with Crippen LogP contribution in [0.4, 0.5) is 17.1 Å². The standard InChI is InChI=1S/C32H33N5O2S/c1-21-16-22(8-13-30(21)39-2)19-37-20-26(40-32-33-14-5-15-34-32)18-29(37)31(38)35-25-12-11-24-10-9-23-6-3-4-7-27(23)36-28(24)17-25/h3-8,11-17,26,29,36H,9-10,18-20H2,1-2H3,(H,35,38)/t26-,29-/m0/s1. The number of likely N-dealkylation sites (tertiary alicyclic amines) is 1. The lowest BCUT2D eigenvalue weighted by Gasteiger charge is -2.24. The first kappa shape index (κ1) is 26.3. The van der Waals surface area contributed by atoms with E-state index in [4.69, 9.17) is 4.74 Å². The number of para-hydroxylation sites is 1. The topological polar surface area (TPSA) is 79.4 Å². The van der Waals surface area contributed by atoms with E-state index >= 15 is 0 Å². The van der Waals surface area contributed by atoms with Crippen molar-refractivity contribution in [3.05, 3.63) is 101 Å². The predicted molar refractivity (Wildman–Crippen MR) is 160 cm³/mol.